The minimum Gasteiger partial charge on any atom is -0.493 e. The Balaban J connectivity index is 2.21. The molecule has 0 aliphatic carbocycles. The number of benzene rings is 2. The van der Waals surface area contributed by atoms with Crippen molar-refractivity contribution in [1.82, 2.24) is 0 Å². The largest absolute Gasteiger partial charge is 0.493 e. The number of methoxy groups -OCH3 is 3. The summed E-state index contributed by atoms with van der Waals surface area (Å²) in [5.74, 6) is 2.63. The Labute approximate surface area is 136 Å². The minimum atomic E-state index is 0.401. The first-order valence-electron chi connectivity index (χ1n) is 7.43. The van der Waals surface area contributed by atoms with Crippen LogP contribution in [0.3, 0.4) is 0 Å². The predicted octanol–water partition coefficient (Wildman–Crippen LogP) is 2.79. The standard InChI is InChI=1S/C18H23NO4/c1-20-16-10-13(11-17(21-2)18(16)22-3)12-23-15-7-5-4-6-14(15)8-9-19/h4-7,10-11H,8-9,12,19H2,1-3H3. The first kappa shape index (κ1) is 17.0. The van der Waals surface area contributed by atoms with Crippen LogP contribution in [0.4, 0.5) is 0 Å². The van der Waals surface area contributed by atoms with Crippen molar-refractivity contribution >= 4 is 0 Å². The van der Waals surface area contributed by atoms with Crippen LogP contribution in [0.1, 0.15) is 11.1 Å². The van der Waals surface area contributed by atoms with Crippen molar-refractivity contribution in [3.8, 4) is 23.0 Å². The maximum absolute atomic E-state index is 5.94. The van der Waals surface area contributed by atoms with Gasteiger partial charge in [0.25, 0.3) is 0 Å². The van der Waals surface area contributed by atoms with Crippen molar-refractivity contribution in [2.45, 2.75) is 13.0 Å². The first-order valence-corrected chi connectivity index (χ1v) is 7.43. The molecule has 2 aromatic rings. The van der Waals surface area contributed by atoms with Gasteiger partial charge in [0.1, 0.15) is 12.4 Å². The molecule has 2 rings (SSSR count). The van der Waals surface area contributed by atoms with Crippen molar-refractivity contribution in [2.24, 2.45) is 5.73 Å². The molecule has 0 aliphatic heterocycles. The summed E-state index contributed by atoms with van der Waals surface area (Å²) in [4.78, 5) is 0. The predicted molar refractivity (Wildman–Crippen MR) is 89.6 cm³/mol. The molecule has 2 aromatic carbocycles. The van der Waals surface area contributed by atoms with Crippen molar-refractivity contribution in [3.63, 3.8) is 0 Å². The van der Waals surface area contributed by atoms with Gasteiger partial charge in [-0.2, -0.15) is 0 Å². The molecule has 0 radical (unpaired) electrons. The number of para-hydroxylation sites is 1. The van der Waals surface area contributed by atoms with E-state index in [0.29, 0.717) is 30.4 Å². The maximum Gasteiger partial charge on any atom is 0.203 e. The molecule has 0 amide bonds. The Bertz CT molecular complexity index is 618. The van der Waals surface area contributed by atoms with Crippen LogP contribution in [0.2, 0.25) is 0 Å². The smallest absolute Gasteiger partial charge is 0.203 e. The van der Waals surface area contributed by atoms with Crippen LogP contribution in [0.25, 0.3) is 0 Å². The van der Waals surface area contributed by atoms with Gasteiger partial charge in [-0.1, -0.05) is 18.2 Å². The van der Waals surface area contributed by atoms with E-state index in [1.54, 1.807) is 21.3 Å². The SMILES string of the molecule is COc1cc(COc2ccccc2CCN)cc(OC)c1OC. The van der Waals surface area contributed by atoms with E-state index in [9.17, 15) is 0 Å². The topological polar surface area (TPSA) is 62.9 Å². The lowest BCUT2D eigenvalue weighted by molar-refractivity contribution is 0.296. The van der Waals surface area contributed by atoms with Crippen molar-refractivity contribution < 1.29 is 18.9 Å². The van der Waals surface area contributed by atoms with E-state index in [1.807, 2.05) is 36.4 Å². The Hall–Kier alpha value is -2.40. The van der Waals surface area contributed by atoms with Gasteiger partial charge in [0.15, 0.2) is 11.5 Å². The summed E-state index contributed by atoms with van der Waals surface area (Å²) < 4.78 is 22.0. The number of hydrogen-bond acceptors (Lipinski definition) is 5. The fraction of sp³-hybridized carbons (Fsp3) is 0.333. The number of ether oxygens (including phenoxy) is 4. The molecule has 0 spiro atoms. The van der Waals surface area contributed by atoms with E-state index in [2.05, 4.69) is 0 Å². The molecule has 0 fully saturated rings. The van der Waals surface area contributed by atoms with Gasteiger partial charge in [-0.25, -0.2) is 0 Å². The van der Waals surface area contributed by atoms with Gasteiger partial charge >= 0.3 is 0 Å². The second kappa shape index (κ2) is 8.29. The molecule has 0 bridgehead atoms. The van der Waals surface area contributed by atoms with E-state index in [1.165, 1.54) is 0 Å². The highest BCUT2D eigenvalue weighted by Gasteiger charge is 2.13. The fourth-order valence-electron chi connectivity index (χ4n) is 2.39. The Morgan fingerprint density at radius 2 is 1.52 bits per heavy atom. The van der Waals surface area contributed by atoms with Gasteiger partial charge in [-0.15, -0.1) is 0 Å². The summed E-state index contributed by atoms with van der Waals surface area (Å²) in [5.41, 5.74) is 7.67. The molecule has 23 heavy (non-hydrogen) atoms. The van der Waals surface area contributed by atoms with E-state index < -0.39 is 0 Å². The van der Waals surface area contributed by atoms with Gasteiger partial charge in [0.2, 0.25) is 5.75 Å². The summed E-state index contributed by atoms with van der Waals surface area (Å²) in [6.45, 7) is 0.989. The monoisotopic (exact) mass is 317 g/mol. The zero-order valence-electron chi connectivity index (χ0n) is 13.8. The molecule has 0 saturated heterocycles. The molecule has 2 N–H and O–H groups in total. The van der Waals surface area contributed by atoms with Gasteiger partial charge in [-0.3, -0.25) is 0 Å². The molecule has 0 unspecified atom stereocenters. The summed E-state index contributed by atoms with van der Waals surface area (Å²) >= 11 is 0. The summed E-state index contributed by atoms with van der Waals surface area (Å²) in [5, 5.41) is 0. The van der Waals surface area contributed by atoms with Crippen LogP contribution in [0.15, 0.2) is 36.4 Å². The number of nitrogens with two attached hydrogens (primary N) is 1. The van der Waals surface area contributed by atoms with Gasteiger partial charge < -0.3 is 24.7 Å². The van der Waals surface area contributed by atoms with Gasteiger partial charge in [0, 0.05) is 0 Å². The van der Waals surface area contributed by atoms with Gasteiger partial charge in [0.05, 0.1) is 21.3 Å². The Morgan fingerprint density at radius 1 is 0.870 bits per heavy atom. The highest BCUT2D eigenvalue weighted by molar-refractivity contribution is 5.53. The zero-order valence-corrected chi connectivity index (χ0v) is 13.8. The first-order chi connectivity index (χ1) is 11.2. The lowest BCUT2D eigenvalue weighted by Crippen LogP contribution is -2.05. The van der Waals surface area contributed by atoms with Crippen LogP contribution in [0, 0.1) is 0 Å². The van der Waals surface area contributed by atoms with Crippen LogP contribution in [-0.4, -0.2) is 27.9 Å². The molecule has 0 heterocycles. The molecule has 0 aliphatic rings. The fourth-order valence-corrected chi connectivity index (χ4v) is 2.39. The van der Waals surface area contributed by atoms with Gasteiger partial charge in [-0.05, 0) is 42.3 Å². The second-order valence-corrected chi connectivity index (χ2v) is 4.97. The van der Waals surface area contributed by atoms with Crippen LogP contribution >= 0.6 is 0 Å². The van der Waals surface area contributed by atoms with Crippen LogP contribution < -0.4 is 24.7 Å². The highest BCUT2D eigenvalue weighted by atomic mass is 16.5. The van der Waals surface area contributed by atoms with E-state index in [4.69, 9.17) is 24.7 Å². The molecular weight excluding hydrogens is 294 g/mol. The second-order valence-electron chi connectivity index (χ2n) is 4.97. The lowest BCUT2D eigenvalue weighted by atomic mass is 10.1. The van der Waals surface area contributed by atoms with E-state index >= 15 is 0 Å². The minimum absolute atomic E-state index is 0.401. The third-order valence-electron chi connectivity index (χ3n) is 3.51. The average Bonchev–Trinajstić information content (AvgIpc) is 2.60. The van der Waals surface area contributed by atoms with Crippen molar-refractivity contribution in [2.75, 3.05) is 27.9 Å². The molecule has 5 nitrogen and oxygen atoms in total. The highest BCUT2D eigenvalue weighted by Crippen LogP contribution is 2.38. The molecular formula is C18H23NO4. The molecule has 0 saturated carbocycles. The zero-order chi connectivity index (χ0) is 16.7. The number of hydrogen-bond donors (Lipinski definition) is 1. The Morgan fingerprint density at radius 3 is 2.09 bits per heavy atom. The van der Waals surface area contributed by atoms with Crippen molar-refractivity contribution in [1.29, 1.82) is 0 Å². The Kier molecular flexibility index (Phi) is 6.11. The van der Waals surface area contributed by atoms with E-state index in [-0.39, 0.29) is 0 Å². The molecule has 0 aromatic heterocycles. The maximum atomic E-state index is 5.94. The van der Waals surface area contributed by atoms with E-state index in [0.717, 1.165) is 23.3 Å². The third-order valence-corrected chi connectivity index (χ3v) is 3.51. The van der Waals surface area contributed by atoms with Crippen LogP contribution in [-0.2, 0) is 13.0 Å². The normalized spacial score (nSPS) is 10.3. The molecule has 0 atom stereocenters. The quantitative estimate of drug-likeness (QED) is 0.811. The van der Waals surface area contributed by atoms with Crippen LogP contribution in [0.5, 0.6) is 23.0 Å². The third kappa shape index (κ3) is 4.07. The summed E-state index contributed by atoms with van der Waals surface area (Å²) in [6, 6.07) is 11.7. The molecule has 124 valence electrons. The average molecular weight is 317 g/mol. The molecule has 5 heteroatoms. The lowest BCUT2D eigenvalue weighted by Gasteiger charge is -2.15. The summed E-state index contributed by atoms with van der Waals surface area (Å²) in [6.07, 6.45) is 0.783. The number of rotatable bonds is 8. The van der Waals surface area contributed by atoms with Crippen molar-refractivity contribution in [3.05, 3.63) is 47.5 Å². The summed E-state index contributed by atoms with van der Waals surface area (Å²) in [7, 11) is 4.77.